The average molecular weight is 482 g/mol. The Morgan fingerprint density at radius 2 is 1.85 bits per heavy atom. The van der Waals surface area contributed by atoms with Crippen LogP contribution in [0, 0.1) is 5.82 Å². The molecule has 0 bridgehead atoms. The first-order chi connectivity index (χ1) is 16.3. The van der Waals surface area contributed by atoms with E-state index in [4.69, 9.17) is 16.3 Å². The third kappa shape index (κ3) is 5.96. The SMILES string of the molecule is CC1(Cc2ccc(Cl)c(F)c2)Cc2cc(CCC(=O)N(CCO)Cc3ccccc3)ccc2O1. The number of fused-ring (bicyclic) bond motifs is 1. The number of halogens is 2. The van der Waals surface area contributed by atoms with Crippen LogP contribution in [0.3, 0.4) is 0 Å². The van der Waals surface area contributed by atoms with Gasteiger partial charge in [-0.25, -0.2) is 4.39 Å². The largest absolute Gasteiger partial charge is 0.487 e. The van der Waals surface area contributed by atoms with Gasteiger partial charge >= 0.3 is 0 Å². The minimum absolute atomic E-state index is 0.0178. The van der Waals surface area contributed by atoms with Crippen LogP contribution in [0.1, 0.15) is 35.6 Å². The van der Waals surface area contributed by atoms with E-state index in [1.54, 1.807) is 11.0 Å². The Morgan fingerprint density at radius 3 is 2.59 bits per heavy atom. The van der Waals surface area contributed by atoms with Crippen molar-refractivity contribution in [2.45, 2.75) is 44.8 Å². The maximum atomic E-state index is 13.9. The van der Waals surface area contributed by atoms with Gasteiger partial charge in [-0.15, -0.1) is 0 Å². The van der Waals surface area contributed by atoms with Gasteiger partial charge in [0.25, 0.3) is 0 Å². The molecule has 34 heavy (non-hydrogen) atoms. The predicted octanol–water partition coefficient (Wildman–Crippen LogP) is 5.37. The van der Waals surface area contributed by atoms with Crippen molar-refractivity contribution in [1.29, 1.82) is 0 Å². The number of carbonyl (C=O) groups excluding carboxylic acids is 1. The second-order valence-electron chi connectivity index (χ2n) is 9.12. The summed E-state index contributed by atoms with van der Waals surface area (Å²) in [4.78, 5) is 14.6. The molecule has 0 aliphatic carbocycles. The van der Waals surface area contributed by atoms with E-state index in [1.807, 2.05) is 55.5 Å². The average Bonchev–Trinajstić information content (AvgIpc) is 3.15. The summed E-state index contributed by atoms with van der Waals surface area (Å²) in [7, 11) is 0. The van der Waals surface area contributed by atoms with E-state index in [2.05, 4.69) is 6.07 Å². The van der Waals surface area contributed by atoms with Gasteiger partial charge < -0.3 is 14.7 Å². The lowest BCUT2D eigenvalue weighted by molar-refractivity contribution is -0.132. The van der Waals surface area contributed by atoms with Crippen molar-refractivity contribution in [3.8, 4) is 5.75 Å². The van der Waals surface area contributed by atoms with Crippen LogP contribution in [0.2, 0.25) is 5.02 Å². The molecule has 1 heterocycles. The zero-order chi connectivity index (χ0) is 24.1. The number of hydrogen-bond acceptors (Lipinski definition) is 3. The highest BCUT2D eigenvalue weighted by molar-refractivity contribution is 6.30. The van der Waals surface area contributed by atoms with Crippen molar-refractivity contribution in [3.63, 3.8) is 0 Å². The van der Waals surface area contributed by atoms with Gasteiger partial charge in [-0.2, -0.15) is 0 Å². The van der Waals surface area contributed by atoms with E-state index >= 15 is 0 Å². The molecule has 1 atom stereocenters. The van der Waals surface area contributed by atoms with Gasteiger partial charge in [-0.05, 0) is 53.8 Å². The van der Waals surface area contributed by atoms with Gasteiger partial charge in [-0.3, -0.25) is 4.79 Å². The Labute approximate surface area is 204 Å². The van der Waals surface area contributed by atoms with Crippen LogP contribution in [0.4, 0.5) is 4.39 Å². The summed E-state index contributed by atoms with van der Waals surface area (Å²) in [5, 5.41) is 9.52. The summed E-state index contributed by atoms with van der Waals surface area (Å²) >= 11 is 5.81. The number of aryl methyl sites for hydroxylation is 1. The quantitative estimate of drug-likeness (QED) is 0.447. The zero-order valence-electron chi connectivity index (χ0n) is 19.3. The number of aliphatic hydroxyl groups excluding tert-OH is 1. The monoisotopic (exact) mass is 481 g/mol. The third-order valence-electron chi connectivity index (χ3n) is 6.17. The summed E-state index contributed by atoms with van der Waals surface area (Å²) in [6, 6.07) is 20.7. The van der Waals surface area contributed by atoms with Crippen molar-refractivity contribution in [2.75, 3.05) is 13.2 Å². The van der Waals surface area contributed by atoms with E-state index in [9.17, 15) is 14.3 Å². The van der Waals surface area contributed by atoms with Crippen molar-refractivity contribution >= 4 is 17.5 Å². The molecule has 0 radical (unpaired) electrons. The first-order valence-corrected chi connectivity index (χ1v) is 11.9. The molecule has 1 unspecified atom stereocenters. The van der Waals surface area contributed by atoms with Crippen LogP contribution < -0.4 is 4.74 Å². The maximum Gasteiger partial charge on any atom is 0.223 e. The van der Waals surface area contributed by atoms with Crippen LogP contribution in [-0.4, -0.2) is 34.7 Å². The van der Waals surface area contributed by atoms with Gasteiger partial charge in [0.05, 0.1) is 11.6 Å². The van der Waals surface area contributed by atoms with Crippen molar-refractivity contribution in [2.24, 2.45) is 0 Å². The maximum absolute atomic E-state index is 13.9. The Bertz CT molecular complexity index is 1150. The molecule has 4 rings (SSSR count). The first-order valence-electron chi connectivity index (χ1n) is 11.5. The highest BCUT2D eigenvalue weighted by Crippen LogP contribution is 2.38. The molecular formula is C28H29ClFNO3. The fourth-order valence-corrected chi connectivity index (χ4v) is 4.65. The number of ether oxygens (including phenoxy) is 1. The smallest absolute Gasteiger partial charge is 0.223 e. The van der Waals surface area contributed by atoms with Crippen LogP contribution in [0.5, 0.6) is 5.75 Å². The molecule has 6 heteroatoms. The fraction of sp³-hybridized carbons (Fsp3) is 0.321. The molecule has 3 aromatic rings. The molecule has 1 amide bonds. The lowest BCUT2D eigenvalue weighted by Gasteiger charge is -2.24. The number of benzene rings is 3. The van der Waals surface area contributed by atoms with E-state index in [1.165, 1.54) is 6.07 Å². The summed E-state index contributed by atoms with van der Waals surface area (Å²) in [5.74, 6) is 0.426. The third-order valence-corrected chi connectivity index (χ3v) is 6.48. The number of aliphatic hydroxyl groups is 1. The summed E-state index contributed by atoms with van der Waals surface area (Å²) < 4.78 is 20.1. The summed E-state index contributed by atoms with van der Waals surface area (Å²) in [6.07, 6.45) is 2.26. The minimum Gasteiger partial charge on any atom is -0.487 e. The number of rotatable bonds is 9. The Hall–Kier alpha value is -2.89. The van der Waals surface area contributed by atoms with Gasteiger partial charge in [0, 0.05) is 32.4 Å². The number of amides is 1. The standard InChI is InChI=1S/C28H29ClFNO3/c1-28(17-22-7-10-24(29)25(30)16-22)18-23-15-20(8-11-26(23)34-28)9-12-27(33)31(13-14-32)19-21-5-3-2-4-6-21/h2-8,10-11,15-16,32H,9,12-14,17-19H2,1H3. The summed E-state index contributed by atoms with van der Waals surface area (Å²) in [5.41, 5.74) is 3.58. The van der Waals surface area contributed by atoms with Gasteiger partial charge in [-0.1, -0.05) is 60.1 Å². The Morgan fingerprint density at radius 1 is 1.09 bits per heavy atom. The topological polar surface area (TPSA) is 49.8 Å². The predicted molar refractivity (Wildman–Crippen MR) is 132 cm³/mol. The molecule has 1 aliphatic rings. The van der Waals surface area contributed by atoms with Crippen molar-refractivity contribution < 1.29 is 19.0 Å². The molecule has 4 nitrogen and oxygen atoms in total. The number of carbonyl (C=O) groups is 1. The molecule has 0 spiro atoms. The normalized spacial score (nSPS) is 16.7. The van der Waals surface area contributed by atoms with E-state index < -0.39 is 11.4 Å². The molecule has 178 valence electrons. The molecular weight excluding hydrogens is 453 g/mol. The van der Waals surface area contributed by atoms with Gasteiger partial charge in [0.2, 0.25) is 5.91 Å². The van der Waals surface area contributed by atoms with Crippen LogP contribution in [-0.2, 0) is 30.6 Å². The molecule has 1 aliphatic heterocycles. The lowest BCUT2D eigenvalue weighted by Crippen LogP contribution is -2.33. The van der Waals surface area contributed by atoms with E-state index in [0.717, 1.165) is 28.0 Å². The molecule has 3 aromatic carbocycles. The Balaban J connectivity index is 1.37. The highest BCUT2D eigenvalue weighted by Gasteiger charge is 2.35. The minimum atomic E-state index is -0.468. The van der Waals surface area contributed by atoms with E-state index in [-0.39, 0.29) is 17.5 Å². The van der Waals surface area contributed by atoms with Gasteiger partial charge in [0.15, 0.2) is 0 Å². The van der Waals surface area contributed by atoms with Crippen molar-refractivity contribution in [1.82, 2.24) is 4.90 Å². The van der Waals surface area contributed by atoms with Crippen LogP contribution in [0.25, 0.3) is 0 Å². The molecule has 0 aromatic heterocycles. The highest BCUT2D eigenvalue weighted by atomic mass is 35.5. The zero-order valence-corrected chi connectivity index (χ0v) is 20.0. The molecule has 1 N–H and O–H groups in total. The van der Waals surface area contributed by atoms with Crippen molar-refractivity contribution in [3.05, 3.63) is 99.8 Å². The molecule has 0 saturated heterocycles. The second-order valence-corrected chi connectivity index (χ2v) is 9.53. The van der Waals surface area contributed by atoms with Gasteiger partial charge in [0.1, 0.15) is 17.2 Å². The number of hydrogen-bond donors (Lipinski definition) is 1. The molecule has 0 saturated carbocycles. The second kappa shape index (κ2) is 10.6. The summed E-state index contributed by atoms with van der Waals surface area (Å²) in [6.45, 7) is 2.77. The fourth-order valence-electron chi connectivity index (χ4n) is 4.54. The number of nitrogens with zero attached hydrogens (tertiary/aromatic N) is 1. The van der Waals surface area contributed by atoms with Crippen LogP contribution >= 0.6 is 11.6 Å². The molecule has 0 fully saturated rings. The lowest BCUT2D eigenvalue weighted by atomic mass is 9.91. The Kier molecular flexibility index (Phi) is 7.54. The van der Waals surface area contributed by atoms with E-state index in [0.29, 0.717) is 38.8 Å². The first kappa shape index (κ1) is 24.2. The van der Waals surface area contributed by atoms with Crippen LogP contribution in [0.15, 0.2) is 66.7 Å².